The number of carbonyl (C=O) groups is 1. The van der Waals surface area contributed by atoms with Gasteiger partial charge in [0.15, 0.2) is 0 Å². The number of hydrogen-bond acceptors (Lipinski definition) is 4. The van der Waals surface area contributed by atoms with Gasteiger partial charge in [-0.15, -0.1) is 0 Å². The van der Waals surface area contributed by atoms with Crippen LogP contribution < -0.4 is 5.73 Å². The lowest BCUT2D eigenvalue weighted by Crippen LogP contribution is -2.34. The second-order valence-corrected chi connectivity index (χ2v) is 4.57. The first-order chi connectivity index (χ1) is 9.65. The van der Waals surface area contributed by atoms with Gasteiger partial charge < -0.3 is 15.6 Å². The van der Waals surface area contributed by atoms with Crippen molar-refractivity contribution >= 4 is 5.97 Å². The van der Waals surface area contributed by atoms with Crippen LogP contribution in [0.25, 0.3) is 0 Å². The highest BCUT2D eigenvalue weighted by Crippen LogP contribution is 2.12. The predicted molar refractivity (Wildman–Crippen MR) is 76.0 cm³/mol. The molecule has 3 N–H and O–H groups in total. The Hall–Kier alpha value is -2.33. The zero-order chi connectivity index (χ0) is 14.4. The van der Waals surface area contributed by atoms with E-state index in [0.717, 1.165) is 11.1 Å². The van der Waals surface area contributed by atoms with Crippen molar-refractivity contribution < 1.29 is 14.6 Å². The highest BCUT2D eigenvalue weighted by Gasteiger charge is 2.15. The summed E-state index contributed by atoms with van der Waals surface area (Å²) in [5.74, 6) is -0.287. The molecule has 0 heterocycles. The van der Waals surface area contributed by atoms with Crippen molar-refractivity contribution in [3.05, 3.63) is 65.7 Å². The first-order valence-corrected chi connectivity index (χ1v) is 6.39. The van der Waals surface area contributed by atoms with E-state index in [1.807, 2.05) is 36.4 Å². The maximum atomic E-state index is 11.8. The van der Waals surface area contributed by atoms with Gasteiger partial charge in [-0.2, -0.15) is 0 Å². The topological polar surface area (TPSA) is 72.5 Å². The summed E-state index contributed by atoms with van der Waals surface area (Å²) in [5.41, 5.74) is 7.53. The normalized spacial score (nSPS) is 11.8. The molecule has 0 aliphatic carbocycles. The molecular weight excluding hydrogens is 254 g/mol. The molecule has 104 valence electrons. The zero-order valence-electron chi connectivity index (χ0n) is 11.0. The van der Waals surface area contributed by atoms with Crippen LogP contribution in [0.2, 0.25) is 0 Å². The number of rotatable bonds is 5. The van der Waals surface area contributed by atoms with Gasteiger partial charge in [-0.05, 0) is 29.7 Å². The molecule has 0 aliphatic heterocycles. The van der Waals surface area contributed by atoms with Crippen molar-refractivity contribution in [1.29, 1.82) is 0 Å². The largest absolute Gasteiger partial charge is 0.508 e. The summed E-state index contributed by atoms with van der Waals surface area (Å²) in [5, 5.41) is 9.36. The van der Waals surface area contributed by atoms with Gasteiger partial charge in [-0.1, -0.05) is 42.5 Å². The van der Waals surface area contributed by atoms with Gasteiger partial charge in [0, 0.05) is 0 Å². The van der Waals surface area contributed by atoms with Crippen molar-refractivity contribution in [2.75, 3.05) is 0 Å². The third-order valence-electron chi connectivity index (χ3n) is 2.89. The zero-order valence-corrected chi connectivity index (χ0v) is 11.0. The number of ether oxygens (including phenoxy) is 1. The molecule has 2 rings (SSSR count). The van der Waals surface area contributed by atoms with E-state index in [1.165, 1.54) is 0 Å². The number of carbonyl (C=O) groups excluding carboxylic acids is 1. The Balaban J connectivity index is 1.86. The van der Waals surface area contributed by atoms with E-state index in [0.29, 0.717) is 6.42 Å². The van der Waals surface area contributed by atoms with Crippen LogP contribution >= 0.6 is 0 Å². The summed E-state index contributed by atoms with van der Waals surface area (Å²) >= 11 is 0. The highest BCUT2D eigenvalue weighted by molar-refractivity contribution is 5.75. The smallest absolute Gasteiger partial charge is 0.323 e. The second-order valence-electron chi connectivity index (χ2n) is 4.57. The van der Waals surface area contributed by atoms with E-state index in [2.05, 4.69) is 0 Å². The molecule has 0 unspecified atom stereocenters. The number of esters is 1. The van der Waals surface area contributed by atoms with E-state index in [9.17, 15) is 9.90 Å². The Morgan fingerprint density at radius 1 is 1.10 bits per heavy atom. The Bertz CT molecular complexity index is 569. The lowest BCUT2D eigenvalue weighted by Gasteiger charge is -2.12. The van der Waals surface area contributed by atoms with Gasteiger partial charge in [0.1, 0.15) is 18.4 Å². The van der Waals surface area contributed by atoms with Gasteiger partial charge in [0.25, 0.3) is 0 Å². The van der Waals surface area contributed by atoms with Gasteiger partial charge in [-0.25, -0.2) is 0 Å². The maximum absolute atomic E-state index is 11.8. The molecule has 1 atom stereocenters. The molecule has 0 spiro atoms. The van der Waals surface area contributed by atoms with Crippen LogP contribution in [-0.4, -0.2) is 17.1 Å². The van der Waals surface area contributed by atoms with E-state index in [4.69, 9.17) is 10.5 Å². The minimum absolute atomic E-state index is 0.160. The number of phenolic OH excluding ortho intramolecular Hbond substituents is 1. The lowest BCUT2D eigenvalue weighted by molar-refractivity contribution is -0.146. The van der Waals surface area contributed by atoms with Crippen LogP contribution in [-0.2, 0) is 22.6 Å². The van der Waals surface area contributed by atoms with Crippen molar-refractivity contribution in [3.8, 4) is 5.75 Å². The van der Waals surface area contributed by atoms with E-state index in [-0.39, 0.29) is 12.4 Å². The first kappa shape index (κ1) is 14.1. The number of aromatic hydroxyl groups is 1. The number of hydrogen-bond donors (Lipinski definition) is 2. The molecule has 4 heteroatoms. The summed E-state index contributed by atoms with van der Waals surface area (Å²) < 4.78 is 5.17. The fraction of sp³-hybridized carbons (Fsp3) is 0.188. The van der Waals surface area contributed by atoms with E-state index >= 15 is 0 Å². The van der Waals surface area contributed by atoms with Crippen LogP contribution in [0.1, 0.15) is 11.1 Å². The summed E-state index contributed by atoms with van der Waals surface area (Å²) in [6.07, 6.45) is 0.335. The first-order valence-electron chi connectivity index (χ1n) is 6.39. The van der Waals surface area contributed by atoms with E-state index in [1.54, 1.807) is 18.2 Å². The summed E-state index contributed by atoms with van der Waals surface area (Å²) in [6.45, 7) is 0.216. The van der Waals surface area contributed by atoms with Crippen LogP contribution in [0.4, 0.5) is 0 Å². The minimum Gasteiger partial charge on any atom is -0.508 e. The maximum Gasteiger partial charge on any atom is 0.323 e. The van der Waals surface area contributed by atoms with Gasteiger partial charge in [0.2, 0.25) is 0 Å². The summed E-state index contributed by atoms with van der Waals surface area (Å²) in [4.78, 5) is 11.8. The van der Waals surface area contributed by atoms with Gasteiger partial charge in [0.05, 0.1) is 0 Å². The van der Waals surface area contributed by atoms with Gasteiger partial charge in [-0.3, -0.25) is 4.79 Å². The molecule has 0 bridgehead atoms. The molecule has 2 aromatic rings. The monoisotopic (exact) mass is 271 g/mol. The highest BCUT2D eigenvalue weighted by atomic mass is 16.5. The van der Waals surface area contributed by atoms with Crippen LogP contribution in [0.3, 0.4) is 0 Å². The molecule has 0 radical (unpaired) electrons. The average Bonchev–Trinajstić information content (AvgIpc) is 2.46. The molecule has 20 heavy (non-hydrogen) atoms. The number of benzene rings is 2. The number of nitrogens with two attached hydrogens (primary N) is 1. The SMILES string of the molecule is N[C@@H](Cc1cccc(O)c1)C(=O)OCc1ccccc1. The van der Waals surface area contributed by atoms with Gasteiger partial charge >= 0.3 is 5.97 Å². The van der Waals surface area contributed by atoms with E-state index < -0.39 is 12.0 Å². The molecule has 0 saturated heterocycles. The molecule has 0 saturated carbocycles. The molecule has 0 aliphatic rings. The molecule has 0 fully saturated rings. The quantitative estimate of drug-likeness (QED) is 0.816. The third kappa shape index (κ3) is 4.10. The fourth-order valence-corrected chi connectivity index (χ4v) is 1.86. The molecular formula is C16H17NO3. The standard InChI is InChI=1S/C16H17NO3/c17-15(10-13-7-4-8-14(18)9-13)16(19)20-11-12-5-2-1-3-6-12/h1-9,15,18H,10-11,17H2/t15-/m0/s1. The van der Waals surface area contributed by atoms with Crippen molar-refractivity contribution in [2.45, 2.75) is 19.1 Å². The number of phenols is 1. The van der Waals surface area contributed by atoms with Crippen molar-refractivity contribution in [2.24, 2.45) is 5.73 Å². The lowest BCUT2D eigenvalue weighted by atomic mass is 10.1. The van der Waals surface area contributed by atoms with Crippen molar-refractivity contribution in [1.82, 2.24) is 0 Å². The average molecular weight is 271 g/mol. The van der Waals surface area contributed by atoms with Crippen LogP contribution in [0.15, 0.2) is 54.6 Å². The summed E-state index contributed by atoms with van der Waals surface area (Å²) in [7, 11) is 0. The second kappa shape index (κ2) is 6.73. The fourth-order valence-electron chi connectivity index (χ4n) is 1.86. The third-order valence-corrected chi connectivity index (χ3v) is 2.89. The predicted octanol–water partition coefficient (Wildman–Crippen LogP) is 2.01. The Morgan fingerprint density at radius 2 is 1.80 bits per heavy atom. The minimum atomic E-state index is -0.736. The van der Waals surface area contributed by atoms with Crippen molar-refractivity contribution in [3.63, 3.8) is 0 Å². The summed E-state index contributed by atoms with van der Waals surface area (Å²) in [6, 6.07) is 15.4. The molecule has 4 nitrogen and oxygen atoms in total. The van der Waals surface area contributed by atoms with Crippen LogP contribution in [0.5, 0.6) is 5.75 Å². The van der Waals surface area contributed by atoms with Crippen LogP contribution in [0, 0.1) is 0 Å². The molecule has 2 aromatic carbocycles. The Labute approximate surface area is 117 Å². The Kier molecular flexibility index (Phi) is 4.74. The molecule has 0 aromatic heterocycles. The molecule has 0 amide bonds. The Morgan fingerprint density at radius 3 is 2.50 bits per heavy atom.